The highest BCUT2D eigenvalue weighted by Gasteiger charge is 2.26. The van der Waals surface area contributed by atoms with Gasteiger partial charge in [-0.2, -0.15) is 4.98 Å². The van der Waals surface area contributed by atoms with Gasteiger partial charge in [-0.1, -0.05) is 11.2 Å². The van der Waals surface area contributed by atoms with Crippen molar-refractivity contribution in [3.63, 3.8) is 0 Å². The molecule has 0 radical (unpaired) electrons. The minimum absolute atomic E-state index is 0.0608. The number of hydrogen-bond donors (Lipinski definition) is 1. The first-order valence-corrected chi connectivity index (χ1v) is 8.99. The van der Waals surface area contributed by atoms with Gasteiger partial charge in [0, 0.05) is 38.0 Å². The molecule has 7 heteroatoms. The SMILES string of the molecule is Cc1nc(CC2CCN(C(=O)Nc3cccc(C4CC4)n3)CC2)no1. The van der Waals surface area contributed by atoms with Crippen LogP contribution in [0.1, 0.15) is 49.0 Å². The molecule has 2 amide bonds. The predicted molar refractivity (Wildman–Crippen MR) is 92.3 cm³/mol. The van der Waals surface area contributed by atoms with Crippen LogP contribution in [0.15, 0.2) is 22.7 Å². The number of carbonyl (C=O) groups is 1. The van der Waals surface area contributed by atoms with Gasteiger partial charge in [0.1, 0.15) is 5.82 Å². The molecular formula is C18H23N5O2. The number of urea groups is 1. The van der Waals surface area contributed by atoms with Gasteiger partial charge in [0.25, 0.3) is 0 Å². The number of pyridine rings is 1. The van der Waals surface area contributed by atoms with Crippen molar-refractivity contribution >= 4 is 11.8 Å². The second-order valence-electron chi connectivity index (χ2n) is 7.02. The highest BCUT2D eigenvalue weighted by atomic mass is 16.5. The number of nitrogens with one attached hydrogen (secondary N) is 1. The number of likely N-dealkylation sites (tertiary alicyclic amines) is 1. The van der Waals surface area contributed by atoms with Gasteiger partial charge in [0.2, 0.25) is 5.89 Å². The third-order valence-electron chi connectivity index (χ3n) is 4.94. The Morgan fingerprint density at radius 3 is 2.72 bits per heavy atom. The van der Waals surface area contributed by atoms with E-state index in [1.807, 2.05) is 23.1 Å². The third kappa shape index (κ3) is 3.97. The Morgan fingerprint density at radius 1 is 1.24 bits per heavy atom. The van der Waals surface area contributed by atoms with Crippen LogP contribution >= 0.6 is 0 Å². The van der Waals surface area contributed by atoms with E-state index in [-0.39, 0.29) is 6.03 Å². The molecule has 1 aliphatic carbocycles. The summed E-state index contributed by atoms with van der Waals surface area (Å²) in [7, 11) is 0. The lowest BCUT2D eigenvalue weighted by Crippen LogP contribution is -2.41. The van der Waals surface area contributed by atoms with Crippen molar-refractivity contribution in [1.82, 2.24) is 20.0 Å². The van der Waals surface area contributed by atoms with E-state index in [0.717, 1.165) is 43.9 Å². The largest absolute Gasteiger partial charge is 0.340 e. The van der Waals surface area contributed by atoms with Crippen LogP contribution in [0.5, 0.6) is 0 Å². The Labute approximate surface area is 146 Å². The van der Waals surface area contributed by atoms with Crippen LogP contribution in [0.3, 0.4) is 0 Å². The maximum atomic E-state index is 12.5. The van der Waals surface area contributed by atoms with Crippen LogP contribution in [0.2, 0.25) is 0 Å². The predicted octanol–water partition coefficient (Wildman–Crippen LogP) is 3.14. The van der Waals surface area contributed by atoms with Crippen molar-refractivity contribution in [3.05, 3.63) is 35.6 Å². The molecule has 2 aromatic rings. The van der Waals surface area contributed by atoms with Gasteiger partial charge in [-0.15, -0.1) is 0 Å². The zero-order valence-electron chi connectivity index (χ0n) is 14.4. The van der Waals surface area contributed by atoms with Crippen molar-refractivity contribution < 1.29 is 9.32 Å². The molecule has 1 N–H and O–H groups in total. The summed E-state index contributed by atoms with van der Waals surface area (Å²) in [5, 5.41) is 6.90. The van der Waals surface area contributed by atoms with E-state index < -0.39 is 0 Å². The van der Waals surface area contributed by atoms with Gasteiger partial charge in [0.05, 0.1) is 0 Å². The Morgan fingerprint density at radius 2 is 2.04 bits per heavy atom. The number of aromatic nitrogens is 3. The normalized spacial score (nSPS) is 18.4. The molecular weight excluding hydrogens is 318 g/mol. The average Bonchev–Trinajstić information content (AvgIpc) is 3.39. The van der Waals surface area contributed by atoms with Crippen LogP contribution in [0.4, 0.5) is 10.6 Å². The van der Waals surface area contributed by atoms with Crippen LogP contribution < -0.4 is 5.32 Å². The molecule has 132 valence electrons. The summed E-state index contributed by atoms with van der Waals surface area (Å²) in [4.78, 5) is 23.2. The zero-order chi connectivity index (χ0) is 17.2. The van der Waals surface area contributed by atoms with Crippen molar-refractivity contribution in [1.29, 1.82) is 0 Å². The standard InChI is InChI=1S/C18H23N5O2/c1-12-19-17(22-25-12)11-13-7-9-23(10-8-13)18(24)21-16-4-2-3-15(20-16)14-5-6-14/h2-4,13-14H,5-11H2,1H3,(H,20,21,24). The highest BCUT2D eigenvalue weighted by molar-refractivity contribution is 5.88. The highest BCUT2D eigenvalue weighted by Crippen LogP contribution is 2.39. The van der Waals surface area contributed by atoms with E-state index in [4.69, 9.17) is 4.52 Å². The smallest absolute Gasteiger partial charge is 0.323 e. The topological polar surface area (TPSA) is 84.2 Å². The van der Waals surface area contributed by atoms with Gasteiger partial charge in [-0.05, 0) is 43.7 Å². The third-order valence-corrected chi connectivity index (χ3v) is 4.94. The molecule has 1 saturated carbocycles. The fourth-order valence-electron chi connectivity index (χ4n) is 3.34. The lowest BCUT2D eigenvalue weighted by atomic mass is 9.93. The van der Waals surface area contributed by atoms with Gasteiger partial charge >= 0.3 is 6.03 Å². The molecule has 1 saturated heterocycles. The molecule has 3 heterocycles. The fraction of sp³-hybridized carbons (Fsp3) is 0.556. The molecule has 0 unspecified atom stereocenters. The lowest BCUT2D eigenvalue weighted by molar-refractivity contribution is 0.181. The number of anilines is 1. The molecule has 0 bridgehead atoms. The summed E-state index contributed by atoms with van der Waals surface area (Å²) in [6.07, 6.45) is 5.14. The number of aryl methyl sites for hydroxylation is 1. The van der Waals surface area contributed by atoms with E-state index >= 15 is 0 Å². The molecule has 0 atom stereocenters. The fourth-order valence-corrected chi connectivity index (χ4v) is 3.34. The van der Waals surface area contributed by atoms with E-state index in [1.54, 1.807) is 6.92 Å². The zero-order valence-corrected chi connectivity index (χ0v) is 14.4. The average molecular weight is 341 g/mol. The van der Waals surface area contributed by atoms with Crippen LogP contribution in [0, 0.1) is 12.8 Å². The van der Waals surface area contributed by atoms with Crippen molar-refractivity contribution in [2.24, 2.45) is 5.92 Å². The first-order valence-electron chi connectivity index (χ1n) is 8.99. The maximum absolute atomic E-state index is 12.5. The number of amides is 2. The molecule has 1 aliphatic heterocycles. The van der Waals surface area contributed by atoms with Crippen molar-refractivity contribution in [2.75, 3.05) is 18.4 Å². The monoisotopic (exact) mass is 341 g/mol. The Kier molecular flexibility index (Phi) is 4.38. The molecule has 2 fully saturated rings. The van der Waals surface area contributed by atoms with E-state index in [0.29, 0.717) is 23.5 Å². The van der Waals surface area contributed by atoms with Crippen molar-refractivity contribution in [2.45, 2.75) is 44.9 Å². The van der Waals surface area contributed by atoms with E-state index in [1.165, 1.54) is 12.8 Å². The second kappa shape index (κ2) is 6.82. The summed E-state index contributed by atoms with van der Waals surface area (Å²) >= 11 is 0. The van der Waals surface area contributed by atoms with Gasteiger partial charge < -0.3 is 9.42 Å². The Balaban J connectivity index is 1.28. The first kappa shape index (κ1) is 16.1. The van der Waals surface area contributed by atoms with E-state index in [2.05, 4.69) is 20.4 Å². The minimum atomic E-state index is -0.0608. The molecule has 4 rings (SSSR count). The quantitative estimate of drug-likeness (QED) is 0.923. The number of piperidine rings is 1. The maximum Gasteiger partial charge on any atom is 0.323 e. The van der Waals surface area contributed by atoms with Crippen LogP contribution in [-0.2, 0) is 6.42 Å². The molecule has 2 aliphatic rings. The summed E-state index contributed by atoms with van der Waals surface area (Å²) in [5.41, 5.74) is 1.09. The first-order chi connectivity index (χ1) is 12.2. The van der Waals surface area contributed by atoms with E-state index in [9.17, 15) is 4.79 Å². The molecule has 0 spiro atoms. The molecule has 7 nitrogen and oxygen atoms in total. The Hall–Kier alpha value is -2.44. The number of rotatable bonds is 4. The molecule has 0 aromatic carbocycles. The molecule has 25 heavy (non-hydrogen) atoms. The van der Waals surface area contributed by atoms with Crippen LogP contribution in [-0.4, -0.2) is 39.1 Å². The molecule has 2 aromatic heterocycles. The second-order valence-corrected chi connectivity index (χ2v) is 7.02. The van der Waals surface area contributed by atoms with Crippen LogP contribution in [0.25, 0.3) is 0 Å². The number of nitrogens with zero attached hydrogens (tertiary/aromatic N) is 4. The number of carbonyl (C=O) groups excluding carboxylic acids is 1. The van der Waals surface area contributed by atoms with Gasteiger partial charge in [0.15, 0.2) is 5.82 Å². The minimum Gasteiger partial charge on any atom is -0.340 e. The van der Waals surface area contributed by atoms with Crippen molar-refractivity contribution in [3.8, 4) is 0 Å². The van der Waals surface area contributed by atoms with Gasteiger partial charge in [-0.25, -0.2) is 9.78 Å². The summed E-state index contributed by atoms with van der Waals surface area (Å²) in [6, 6.07) is 5.80. The summed E-state index contributed by atoms with van der Waals surface area (Å²) < 4.78 is 5.02. The lowest BCUT2D eigenvalue weighted by Gasteiger charge is -2.31. The summed E-state index contributed by atoms with van der Waals surface area (Å²) in [6.45, 7) is 3.29. The summed E-state index contributed by atoms with van der Waals surface area (Å²) in [5.74, 6) is 3.10. The number of hydrogen-bond acceptors (Lipinski definition) is 5. The van der Waals surface area contributed by atoms with Gasteiger partial charge in [-0.3, -0.25) is 5.32 Å². The Bertz CT molecular complexity index is 747.